The van der Waals surface area contributed by atoms with Crippen LogP contribution in [-0.2, 0) is 6.42 Å². The van der Waals surface area contributed by atoms with Crippen molar-refractivity contribution in [3.63, 3.8) is 0 Å². The van der Waals surface area contributed by atoms with Gasteiger partial charge in [0.15, 0.2) is 0 Å². The molecule has 1 N–H and O–H groups in total. The molecule has 96 valence electrons. The zero-order chi connectivity index (χ0) is 13.0. The zero-order valence-corrected chi connectivity index (χ0v) is 11.5. The predicted molar refractivity (Wildman–Crippen MR) is 70.9 cm³/mol. The second-order valence-electron chi connectivity index (χ2n) is 3.89. The number of rotatable bonds is 5. The molecule has 0 saturated heterocycles. The van der Waals surface area contributed by atoms with Crippen LogP contribution in [0, 0.1) is 6.92 Å². The van der Waals surface area contributed by atoms with Crippen molar-refractivity contribution in [2.75, 3.05) is 14.2 Å². The average Bonchev–Trinajstić information content (AvgIpc) is 2.81. The molecule has 0 aromatic carbocycles. The molecule has 1 atom stereocenters. The predicted octanol–water partition coefficient (Wildman–Crippen LogP) is 1.75. The van der Waals surface area contributed by atoms with Crippen LogP contribution in [-0.4, -0.2) is 29.1 Å². The van der Waals surface area contributed by atoms with Gasteiger partial charge in [0.25, 0.3) is 0 Å². The van der Waals surface area contributed by atoms with Gasteiger partial charge < -0.3 is 10.1 Å². The van der Waals surface area contributed by atoms with Gasteiger partial charge in [0.05, 0.1) is 29.5 Å². The quantitative estimate of drug-likeness (QED) is 0.891. The summed E-state index contributed by atoms with van der Waals surface area (Å²) in [6, 6.07) is 1.96. The van der Waals surface area contributed by atoms with Gasteiger partial charge in [0, 0.05) is 17.9 Å². The first-order valence-corrected chi connectivity index (χ1v) is 6.55. The minimum absolute atomic E-state index is 0.114. The third kappa shape index (κ3) is 3.02. The Balaban J connectivity index is 2.17. The maximum atomic E-state index is 5.11. The van der Waals surface area contributed by atoms with E-state index in [4.69, 9.17) is 4.74 Å². The molecule has 1 unspecified atom stereocenters. The number of methoxy groups -OCH3 is 1. The highest BCUT2D eigenvalue weighted by Gasteiger charge is 2.14. The van der Waals surface area contributed by atoms with Crippen LogP contribution < -0.4 is 10.1 Å². The smallest absolute Gasteiger partial charge is 0.216 e. The van der Waals surface area contributed by atoms with Crippen molar-refractivity contribution >= 4 is 11.3 Å². The molecule has 0 aliphatic carbocycles. The van der Waals surface area contributed by atoms with Crippen molar-refractivity contribution in [3.05, 3.63) is 34.2 Å². The number of hydrogen-bond donors (Lipinski definition) is 1. The van der Waals surface area contributed by atoms with Crippen molar-refractivity contribution in [3.8, 4) is 5.88 Å². The minimum atomic E-state index is 0.114. The summed E-state index contributed by atoms with van der Waals surface area (Å²) in [5.41, 5.74) is 1.99. The van der Waals surface area contributed by atoms with Crippen molar-refractivity contribution < 1.29 is 4.74 Å². The Morgan fingerprint density at radius 3 is 2.89 bits per heavy atom. The summed E-state index contributed by atoms with van der Waals surface area (Å²) in [7, 11) is 3.52. The molecule has 0 aliphatic rings. The molecular weight excluding hydrogens is 248 g/mol. The third-order valence-corrected chi connectivity index (χ3v) is 3.48. The first kappa shape index (κ1) is 12.9. The van der Waals surface area contributed by atoms with Crippen molar-refractivity contribution in [1.82, 2.24) is 20.3 Å². The topological polar surface area (TPSA) is 59.9 Å². The molecule has 0 amide bonds. The Morgan fingerprint density at radius 1 is 1.44 bits per heavy atom. The van der Waals surface area contributed by atoms with Crippen molar-refractivity contribution in [2.45, 2.75) is 19.4 Å². The number of ether oxygens (including phenoxy) is 1. The maximum Gasteiger partial charge on any atom is 0.216 e. The molecule has 18 heavy (non-hydrogen) atoms. The van der Waals surface area contributed by atoms with Crippen molar-refractivity contribution in [2.24, 2.45) is 0 Å². The van der Waals surface area contributed by atoms with E-state index in [-0.39, 0.29) is 6.04 Å². The Labute approximate surface area is 110 Å². The molecule has 0 bridgehead atoms. The lowest BCUT2D eigenvalue weighted by Gasteiger charge is -2.14. The van der Waals surface area contributed by atoms with E-state index in [0.29, 0.717) is 5.88 Å². The van der Waals surface area contributed by atoms with Gasteiger partial charge in [-0.3, -0.25) is 0 Å². The number of aromatic nitrogens is 3. The van der Waals surface area contributed by atoms with Crippen LogP contribution in [0.3, 0.4) is 0 Å². The van der Waals surface area contributed by atoms with Crippen LogP contribution in [0.15, 0.2) is 17.8 Å². The Kier molecular flexibility index (Phi) is 4.22. The van der Waals surface area contributed by atoms with Crippen LogP contribution in [0.4, 0.5) is 0 Å². The molecule has 2 aromatic rings. The summed E-state index contributed by atoms with van der Waals surface area (Å²) >= 11 is 1.66. The molecule has 0 radical (unpaired) electrons. The molecule has 0 saturated carbocycles. The minimum Gasteiger partial charge on any atom is -0.481 e. The molecule has 0 aliphatic heterocycles. The van der Waals surface area contributed by atoms with Crippen LogP contribution in [0.25, 0.3) is 0 Å². The first-order valence-electron chi connectivity index (χ1n) is 5.67. The van der Waals surface area contributed by atoms with Gasteiger partial charge in [-0.2, -0.15) is 0 Å². The van der Waals surface area contributed by atoms with Crippen LogP contribution in [0.2, 0.25) is 0 Å². The van der Waals surface area contributed by atoms with E-state index >= 15 is 0 Å². The fourth-order valence-electron chi connectivity index (χ4n) is 1.72. The highest BCUT2D eigenvalue weighted by molar-refractivity contribution is 7.09. The summed E-state index contributed by atoms with van der Waals surface area (Å²) in [5, 5.41) is 6.41. The summed E-state index contributed by atoms with van der Waals surface area (Å²) in [5.74, 6) is 0.578. The van der Waals surface area contributed by atoms with E-state index in [1.165, 1.54) is 6.33 Å². The molecular formula is C12H16N4OS. The number of hydrogen-bond acceptors (Lipinski definition) is 6. The Morgan fingerprint density at radius 2 is 2.28 bits per heavy atom. The molecule has 2 rings (SSSR count). The average molecular weight is 264 g/mol. The van der Waals surface area contributed by atoms with Crippen molar-refractivity contribution in [1.29, 1.82) is 0 Å². The second kappa shape index (κ2) is 5.88. The number of nitrogens with one attached hydrogen (secondary N) is 1. The lowest BCUT2D eigenvalue weighted by atomic mass is 10.1. The fourth-order valence-corrected chi connectivity index (χ4v) is 2.35. The molecule has 5 nitrogen and oxygen atoms in total. The van der Waals surface area contributed by atoms with Crippen LogP contribution in [0.5, 0.6) is 5.88 Å². The highest BCUT2D eigenvalue weighted by atomic mass is 32.1. The fraction of sp³-hybridized carbons (Fsp3) is 0.417. The van der Waals surface area contributed by atoms with Gasteiger partial charge in [-0.1, -0.05) is 0 Å². The van der Waals surface area contributed by atoms with E-state index in [0.717, 1.165) is 22.8 Å². The summed E-state index contributed by atoms with van der Waals surface area (Å²) in [4.78, 5) is 12.8. The van der Waals surface area contributed by atoms with Gasteiger partial charge in [0.1, 0.15) is 6.33 Å². The monoisotopic (exact) mass is 264 g/mol. The molecule has 2 heterocycles. The van der Waals surface area contributed by atoms with E-state index < -0.39 is 0 Å². The Hall–Kier alpha value is -1.53. The standard InChI is InChI=1S/C12H16N4OS/c1-8-16-9(6-18-8)4-10(13-2)11-5-12(17-3)15-7-14-11/h5-7,10,13H,4H2,1-3H3. The first-order chi connectivity index (χ1) is 8.72. The van der Waals surface area contributed by atoms with Crippen LogP contribution >= 0.6 is 11.3 Å². The molecule has 0 spiro atoms. The highest BCUT2D eigenvalue weighted by Crippen LogP contribution is 2.19. The second-order valence-corrected chi connectivity index (χ2v) is 4.95. The SMILES string of the molecule is CNC(Cc1csc(C)n1)c1cc(OC)ncn1. The number of likely N-dealkylation sites (N-methyl/N-ethyl adjacent to an activating group) is 1. The van der Waals surface area contributed by atoms with E-state index in [1.54, 1.807) is 18.4 Å². The maximum absolute atomic E-state index is 5.11. The summed E-state index contributed by atoms with van der Waals surface area (Å²) in [6.07, 6.45) is 2.33. The summed E-state index contributed by atoms with van der Waals surface area (Å²) < 4.78 is 5.11. The zero-order valence-electron chi connectivity index (χ0n) is 10.7. The molecule has 2 aromatic heterocycles. The lowest BCUT2D eigenvalue weighted by molar-refractivity contribution is 0.394. The van der Waals surface area contributed by atoms with Crippen LogP contribution in [0.1, 0.15) is 22.4 Å². The van der Waals surface area contributed by atoms with Gasteiger partial charge >= 0.3 is 0 Å². The van der Waals surface area contributed by atoms with E-state index in [1.807, 2.05) is 20.0 Å². The van der Waals surface area contributed by atoms with E-state index in [9.17, 15) is 0 Å². The lowest BCUT2D eigenvalue weighted by Crippen LogP contribution is -2.20. The summed E-state index contributed by atoms with van der Waals surface area (Å²) in [6.45, 7) is 2.01. The van der Waals surface area contributed by atoms with Gasteiger partial charge in [-0.15, -0.1) is 11.3 Å². The molecule has 0 fully saturated rings. The van der Waals surface area contributed by atoms with Gasteiger partial charge in [-0.05, 0) is 14.0 Å². The Bertz CT molecular complexity index is 514. The van der Waals surface area contributed by atoms with Gasteiger partial charge in [0.2, 0.25) is 5.88 Å². The third-order valence-electron chi connectivity index (χ3n) is 2.66. The molecule has 6 heteroatoms. The van der Waals surface area contributed by atoms with E-state index in [2.05, 4.69) is 25.6 Å². The number of nitrogens with zero attached hydrogens (tertiary/aromatic N) is 3. The largest absolute Gasteiger partial charge is 0.481 e. The number of thiazole rings is 1. The van der Waals surface area contributed by atoms with Gasteiger partial charge in [-0.25, -0.2) is 15.0 Å². The normalized spacial score (nSPS) is 12.4. The number of aryl methyl sites for hydroxylation is 1.